The summed E-state index contributed by atoms with van der Waals surface area (Å²) in [5, 5.41) is 11.0. The number of nitrogens with zero attached hydrogens (tertiary/aromatic N) is 1. The molecule has 0 bridgehead atoms. The molecule has 0 amide bonds. The molecule has 2 N–H and O–H groups in total. The number of benzene rings is 1. The number of methoxy groups -OCH3 is 2. The van der Waals surface area contributed by atoms with Crippen LogP contribution in [0.4, 0.5) is 5.69 Å². The zero-order valence-corrected chi connectivity index (χ0v) is 9.73. The van der Waals surface area contributed by atoms with Crippen LogP contribution >= 0.6 is 0 Å². The van der Waals surface area contributed by atoms with Gasteiger partial charge in [0.05, 0.1) is 19.1 Å². The Labute approximate surface area is 98.5 Å². The van der Waals surface area contributed by atoms with Crippen molar-refractivity contribution in [1.82, 2.24) is 0 Å². The van der Waals surface area contributed by atoms with Gasteiger partial charge in [-0.3, -0.25) is 10.1 Å². The standard InChI is InChI=1S/C11H14N2O4/c1-16-9-6-7(11(12)3-4-11)5-8(13(14)15)10(9)17-2/h5-6H,3-4,12H2,1-2H3. The molecule has 1 aliphatic rings. The van der Waals surface area contributed by atoms with E-state index >= 15 is 0 Å². The molecule has 0 radical (unpaired) electrons. The van der Waals surface area contributed by atoms with Gasteiger partial charge in [0.15, 0.2) is 5.75 Å². The Morgan fingerprint density at radius 3 is 2.41 bits per heavy atom. The highest BCUT2D eigenvalue weighted by molar-refractivity contribution is 5.59. The van der Waals surface area contributed by atoms with Gasteiger partial charge in [0.1, 0.15) is 0 Å². The monoisotopic (exact) mass is 238 g/mol. The summed E-state index contributed by atoms with van der Waals surface area (Å²) in [7, 11) is 2.82. The maximum Gasteiger partial charge on any atom is 0.315 e. The van der Waals surface area contributed by atoms with E-state index in [-0.39, 0.29) is 11.4 Å². The second-order valence-electron chi connectivity index (χ2n) is 4.14. The van der Waals surface area contributed by atoms with Crippen molar-refractivity contribution in [1.29, 1.82) is 0 Å². The third-order valence-electron chi connectivity index (χ3n) is 3.02. The first-order valence-electron chi connectivity index (χ1n) is 5.21. The molecule has 1 fully saturated rings. The van der Waals surface area contributed by atoms with E-state index in [4.69, 9.17) is 15.2 Å². The highest BCUT2D eigenvalue weighted by atomic mass is 16.6. The molecule has 1 saturated carbocycles. The maximum atomic E-state index is 11.0. The Morgan fingerprint density at radius 1 is 1.35 bits per heavy atom. The van der Waals surface area contributed by atoms with Gasteiger partial charge in [-0.15, -0.1) is 0 Å². The van der Waals surface area contributed by atoms with Crippen LogP contribution in [0.25, 0.3) is 0 Å². The summed E-state index contributed by atoms with van der Waals surface area (Å²) in [6.45, 7) is 0. The summed E-state index contributed by atoms with van der Waals surface area (Å²) >= 11 is 0. The second-order valence-corrected chi connectivity index (χ2v) is 4.14. The summed E-state index contributed by atoms with van der Waals surface area (Å²) in [6, 6.07) is 3.17. The maximum absolute atomic E-state index is 11.0. The number of rotatable bonds is 4. The summed E-state index contributed by atoms with van der Waals surface area (Å²) in [4.78, 5) is 10.5. The van der Waals surface area contributed by atoms with Gasteiger partial charge in [0.25, 0.3) is 0 Å². The predicted octanol–water partition coefficient (Wildman–Crippen LogP) is 1.56. The lowest BCUT2D eigenvalue weighted by Crippen LogP contribution is -2.19. The molecule has 0 aliphatic heterocycles. The van der Waals surface area contributed by atoms with Gasteiger partial charge in [0, 0.05) is 11.6 Å². The van der Waals surface area contributed by atoms with Crippen LogP contribution in [0.15, 0.2) is 12.1 Å². The van der Waals surface area contributed by atoms with Crippen molar-refractivity contribution in [3.8, 4) is 11.5 Å². The molecule has 0 heterocycles. The zero-order valence-electron chi connectivity index (χ0n) is 9.73. The summed E-state index contributed by atoms with van der Waals surface area (Å²) in [5.41, 5.74) is 6.20. The molecule has 0 spiro atoms. The molecule has 1 aromatic carbocycles. The Kier molecular flexibility index (Phi) is 2.66. The number of nitrogens with two attached hydrogens (primary N) is 1. The molecule has 0 saturated heterocycles. The van der Waals surface area contributed by atoms with Crippen LogP contribution in [0.1, 0.15) is 18.4 Å². The van der Waals surface area contributed by atoms with Gasteiger partial charge in [-0.05, 0) is 24.5 Å². The molecule has 0 atom stereocenters. The topological polar surface area (TPSA) is 87.6 Å². The number of nitro benzene ring substituents is 1. The number of hydrogen-bond donors (Lipinski definition) is 1. The number of nitro groups is 1. The molecule has 0 aromatic heterocycles. The van der Waals surface area contributed by atoms with E-state index in [0.717, 1.165) is 18.4 Å². The lowest BCUT2D eigenvalue weighted by Gasteiger charge is -2.13. The Morgan fingerprint density at radius 2 is 2.00 bits per heavy atom. The van der Waals surface area contributed by atoms with Crippen LogP contribution in [-0.4, -0.2) is 19.1 Å². The highest BCUT2D eigenvalue weighted by Gasteiger charge is 2.42. The van der Waals surface area contributed by atoms with Gasteiger partial charge >= 0.3 is 5.69 Å². The van der Waals surface area contributed by atoms with Gasteiger partial charge in [0.2, 0.25) is 5.75 Å². The molecule has 1 aromatic rings. The van der Waals surface area contributed by atoms with E-state index in [1.54, 1.807) is 6.07 Å². The van der Waals surface area contributed by atoms with Gasteiger partial charge < -0.3 is 15.2 Å². The molecule has 6 heteroatoms. The fourth-order valence-corrected chi connectivity index (χ4v) is 1.79. The summed E-state index contributed by atoms with van der Waals surface area (Å²) in [6.07, 6.45) is 1.67. The van der Waals surface area contributed by atoms with E-state index in [1.165, 1.54) is 20.3 Å². The van der Waals surface area contributed by atoms with E-state index in [2.05, 4.69) is 0 Å². The molecule has 2 rings (SSSR count). The first-order chi connectivity index (χ1) is 8.01. The zero-order chi connectivity index (χ0) is 12.6. The van der Waals surface area contributed by atoms with E-state index < -0.39 is 10.5 Å². The minimum atomic E-state index is -0.489. The first kappa shape index (κ1) is 11.7. The van der Waals surface area contributed by atoms with E-state index in [0.29, 0.717) is 5.75 Å². The Hall–Kier alpha value is -1.82. The van der Waals surface area contributed by atoms with Crippen molar-refractivity contribution in [2.75, 3.05) is 14.2 Å². The fraction of sp³-hybridized carbons (Fsp3) is 0.455. The minimum absolute atomic E-state index is 0.112. The molecular formula is C11H14N2O4. The largest absolute Gasteiger partial charge is 0.493 e. The van der Waals surface area contributed by atoms with Crippen molar-refractivity contribution in [2.24, 2.45) is 5.73 Å². The Bertz CT molecular complexity index is 469. The van der Waals surface area contributed by atoms with Crippen LogP contribution in [0.5, 0.6) is 11.5 Å². The molecule has 6 nitrogen and oxygen atoms in total. The first-order valence-corrected chi connectivity index (χ1v) is 5.21. The quantitative estimate of drug-likeness (QED) is 0.635. The Balaban J connectivity index is 2.59. The lowest BCUT2D eigenvalue weighted by atomic mass is 10.0. The van der Waals surface area contributed by atoms with Gasteiger partial charge in [-0.1, -0.05) is 0 Å². The molecular weight excluding hydrogens is 224 g/mol. The SMILES string of the molecule is COc1cc(C2(N)CC2)cc([N+](=O)[O-])c1OC. The lowest BCUT2D eigenvalue weighted by molar-refractivity contribution is -0.385. The molecule has 92 valence electrons. The van der Waals surface area contributed by atoms with Crippen LogP contribution in [0, 0.1) is 10.1 Å². The predicted molar refractivity (Wildman–Crippen MR) is 61.3 cm³/mol. The van der Waals surface area contributed by atoms with Gasteiger partial charge in [-0.25, -0.2) is 0 Å². The molecule has 17 heavy (non-hydrogen) atoms. The number of hydrogen-bond acceptors (Lipinski definition) is 5. The smallest absolute Gasteiger partial charge is 0.315 e. The normalized spacial score (nSPS) is 16.4. The van der Waals surface area contributed by atoms with Crippen molar-refractivity contribution >= 4 is 5.69 Å². The van der Waals surface area contributed by atoms with Crippen LogP contribution < -0.4 is 15.2 Å². The van der Waals surface area contributed by atoms with Crippen LogP contribution in [0.3, 0.4) is 0 Å². The van der Waals surface area contributed by atoms with Crippen LogP contribution in [-0.2, 0) is 5.54 Å². The second kappa shape index (κ2) is 3.89. The van der Waals surface area contributed by atoms with E-state index in [1.807, 2.05) is 0 Å². The average Bonchev–Trinajstić information content (AvgIpc) is 3.06. The van der Waals surface area contributed by atoms with Crippen molar-refractivity contribution in [3.05, 3.63) is 27.8 Å². The van der Waals surface area contributed by atoms with Crippen molar-refractivity contribution < 1.29 is 14.4 Å². The number of ether oxygens (including phenoxy) is 2. The molecule has 0 unspecified atom stereocenters. The van der Waals surface area contributed by atoms with Crippen molar-refractivity contribution in [2.45, 2.75) is 18.4 Å². The average molecular weight is 238 g/mol. The summed E-state index contributed by atoms with van der Waals surface area (Å²) < 4.78 is 10.1. The van der Waals surface area contributed by atoms with E-state index in [9.17, 15) is 10.1 Å². The fourth-order valence-electron chi connectivity index (χ4n) is 1.79. The third-order valence-corrected chi connectivity index (χ3v) is 3.02. The highest BCUT2D eigenvalue weighted by Crippen LogP contribution is 2.48. The minimum Gasteiger partial charge on any atom is -0.493 e. The van der Waals surface area contributed by atoms with Gasteiger partial charge in [-0.2, -0.15) is 0 Å². The summed E-state index contributed by atoms with van der Waals surface area (Å²) in [5.74, 6) is 0.471. The van der Waals surface area contributed by atoms with Crippen LogP contribution in [0.2, 0.25) is 0 Å². The third kappa shape index (κ3) is 1.91. The van der Waals surface area contributed by atoms with Crippen molar-refractivity contribution in [3.63, 3.8) is 0 Å². The molecule has 1 aliphatic carbocycles.